The Morgan fingerprint density at radius 3 is 2.45 bits per heavy atom. The van der Waals surface area contributed by atoms with Crippen molar-refractivity contribution < 1.29 is 4.79 Å². The van der Waals surface area contributed by atoms with Crippen molar-refractivity contribution in [3.63, 3.8) is 0 Å². The number of carbonyl (C=O) groups excluding carboxylic acids is 1. The van der Waals surface area contributed by atoms with Crippen LogP contribution in [0.5, 0.6) is 0 Å². The second-order valence-corrected chi connectivity index (χ2v) is 7.35. The first-order valence-corrected chi connectivity index (χ1v) is 9.52. The van der Waals surface area contributed by atoms with E-state index < -0.39 is 0 Å². The van der Waals surface area contributed by atoms with Crippen LogP contribution in [0.25, 0.3) is 0 Å². The normalized spacial score (nSPS) is 25.4. The molecule has 4 heteroatoms. The predicted molar refractivity (Wildman–Crippen MR) is 87.3 cm³/mol. The molecule has 0 aromatic heterocycles. The van der Waals surface area contributed by atoms with Crippen LogP contribution in [0.3, 0.4) is 0 Å². The van der Waals surface area contributed by atoms with Gasteiger partial charge in [0.25, 0.3) is 0 Å². The maximum atomic E-state index is 12.2. The molecule has 0 N–H and O–H groups in total. The highest BCUT2D eigenvalue weighted by Crippen LogP contribution is 2.18. The van der Waals surface area contributed by atoms with Gasteiger partial charge < -0.3 is 9.80 Å². The highest BCUT2D eigenvalue weighted by molar-refractivity contribution is 7.99. The molecule has 0 aromatic carbocycles. The van der Waals surface area contributed by atoms with E-state index in [1.807, 2.05) is 11.8 Å². The lowest BCUT2D eigenvalue weighted by molar-refractivity contribution is -0.131. The summed E-state index contributed by atoms with van der Waals surface area (Å²) < 4.78 is 0. The number of piperidine rings is 1. The lowest BCUT2D eigenvalue weighted by Crippen LogP contribution is -2.43. The van der Waals surface area contributed by atoms with Gasteiger partial charge in [-0.3, -0.25) is 4.79 Å². The monoisotopic (exact) mass is 298 g/mol. The number of nitrogens with zero attached hydrogens (tertiary/aromatic N) is 2. The van der Waals surface area contributed by atoms with Crippen LogP contribution in [0.1, 0.15) is 51.9 Å². The van der Waals surface area contributed by atoms with Crippen molar-refractivity contribution in [1.29, 1.82) is 0 Å². The van der Waals surface area contributed by atoms with Crippen molar-refractivity contribution in [2.75, 3.05) is 37.7 Å². The summed E-state index contributed by atoms with van der Waals surface area (Å²) in [5, 5.41) is 0. The molecular formula is C16H30N2OS. The Kier molecular flexibility index (Phi) is 7.22. The Balaban J connectivity index is 1.58. The van der Waals surface area contributed by atoms with E-state index in [1.165, 1.54) is 58.0 Å². The van der Waals surface area contributed by atoms with Gasteiger partial charge >= 0.3 is 0 Å². The van der Waals surface area contributed by atoms with Gasteiger partial charge in [-0.2, -0.15) is 11.8 Å². The largest absolute Gasteiger partial charge is 0.339 e. The molecule has 116 valence electrons. The van der Waals surface area contributed by atoms with Crippen molar-refractivity contribution in [1.82, 2.24) is 9.80 Å². The number of hydrogen-bond acceptors (Lipinski definition) is 3. The summed E-state index contributed by atoms with van der Waals surface area (Å²) in [6.45, 7) is 6.86. The van der Waals surface area contributed by atoms with Crippen LogP contribution in [0.15, 0.2) is 0 Å². The third-order valence-corrected chi connectivity index (χ3v) is 5.52. The molecule has 2 rings (SSSR count). The molecule has 2 saturated heterocycles. The van der Waals surface area contributed by atoms with Crippen molar-refractivity contribution in [3.05, 3.63) is 0 Å². The fourth-order valence-corrected chi connectivity index (χ4v) is 4.14. The molecule has 0 aromatic rings. The van der Waals surface area contributed by atoms with Gasteiger partial charge in [0.1, 0.15) is 0 Å². The van der Waals surface area contributed by atoms with E-state index in [0.29, 0.717) is 17.7 Å². The van der Waals surface area contributed by atoms with Crippen LogP contribution in [-0.2, 0) is 4.79 Å². The number of thioether (sulfide) groups is 1. The number of rotatable bonds is 5. The van der Waals surface area contributed by atoms with E-state index >= 15 is 0 Å². The van der Waals surface area contributed by atoms with E-state index in [2.05, 4.69) is 16.7 Å². The maximum Gasteiger partial charge on any atom is 0.232 e. The molecular weight excluding hydrogens is 268 g/mol. The summed E-state index contributed by atoms with van der Waals surface area (Å²) in [7, 11) is 0. The van der Waals surface area contributed by atoms with Gasteiger partial charge in [-0.15, -0.1) is 0 Å². The number of carbonyl (C=O) groups is 1. The minimum atomic E-state index is 0.359. The number of hydrogen-bond donors (Lipinski definition) is 0. The summed E-state index contributed by atoms with van der Waals surface area (Å²) in [6.07, 6.45) is 9.17. The molecule has 2 fully saturated rings. The summed E-state index contributed by atoms with van der Waals surface area (Å²) in [5.74, 6) is 2.14. The third kappa shape index (κ3) is 5.28. The summed E-state index contributed by atoms with van der Waals surface area (Å²) in [4.78, 5) is 16.9. The molecule has 0 radical (unpaired) electrons. The highest BCUT2D eigenvalue weighted by atomic mass is 32.2. The van der Waals surface area contributed by atoms with Crippen molar-refractivity contribution in [3.8, 4) is 0 Å². The van der Waals surface area contributed by atoms with Crippen LogP contribution >= 0.6 is 11.8 Å². The molecule has 1 unspecified atom stereocenters. The molecule has 2 aliphatic heterocycles. The Hall–Kier alpha value is -0.220. The molecule has 1 amide bonds. The van der Waals surface area contributed by atoms with Crippen molar-refractivity contribution >= 4 is 17.7 Å². The second kappa shape index (κ2) is 8.93. The first-order chi connectivity index (χ1) is 9.77. The third-order valence-electron chi connectivity index (χ3n) is 4.60. The molecule has 0 bridgehead atoms. The zero-order chi connectivity index (χ0) is 14.2. The molecule has 0 saturated carbocycles. The fourth-order valence-electron chi connectivity index (χ4n) is 3.26. The predicted octanol–water partition coefficient (Wildman–Crippen LogP) is 3.00. The Labute approximate surface area is 128 Å². The molecule has 0 aliphatic carbocycles. The maximum absolute atomic E-state index is 12.2. The van der Waals surface area contributed by atoms with Gasteiger partial charge in [0.05, 0.1) is 5.75 Å². The van der Waals surface area contributed by atoms with Crippen molar-refractivity contribution in [2.45, 2.75) is 57.9 Å². The molecule has 2 heterocycles. The van der Waals surface area contributed by atoms with E-state index in [0.717, 1.165) is 18.8 Å². The number of amides is 1. The SMILES string of the molecule is CC1CCCCN1C(=O)CSCCN1CCCCCC1. The first kappa shape index (κ1) is 16.2. The molecule has 0 spiro atoms. The average Bonchev–Trinajstić information content (AvgIpc) is 2.72. The van der Waals surface area contributed by atoms with Crippen LogP contribution in [0.2, 0.25) is 0 Å². The zero-order valence-electron chi connectivity index (χ0n) is 13.0. The Morgan fingerprint density at radius 2 is 1.75 bits per heavy atom. The Bertz CT molecular complexity index is 290. The number of likely N-dealkylation sites (tertiary alicyclic amines) is 2. The van der Waals surface area contributed by atoms with E-state index in [9.17, 15) is 4.79 Å². The van der Waals surface area contributed by atoms with Crippen LogP contribution < -0.4 is 0 Å². The summed E-state index contributed by atoms with van der Waals surface area (Å²) >= 11 is 1.82. The topological polar surface area (TPSA) is 23.6 Å². The average molecular weight is 298 g/mol. The van der Waals surface area contributed by atoms with Gasteiger partial charge in [-0.05, 0) is 52.1 Å². The Morgan fingerprint density at radius 1 is 1.05 bits per heavy atom. The smallest absolute Gasteiger partial charge is 0.232 e. The van der Waals surface area contributed by atoms with E-state index in [1.54, 1.807) is 0 Å². The summed E-state index contributed by atoms with van der Waals surface area (Å²) in [5.41, 5.74) is 0. The summed E-state index contributed by atoms with van der Waals surface area (Å²) in [6, 6.07) is 0.461. The minimum absolute atomic E-state index is 0.359. The molecule has 1 atom stereocenters. The fraction of sp³-hybridized carbons (Fsp3) is 0.938. The van der Waals surface area contributed by atoms with Gasteiger partial charge in [-0.1, -0.05) is 12.8 Å². The van der Waals surface area contributed by atoms with E-state index in [4.69, 9.17) is 0 Å². The highest BCUT2D eigenvalue weighted by Gasteiger charge is 2.22. The second-order valence-electron chi connectivity index (χ2n) is 6.24. The van der Waals surface area contributed by atoms with E-state index in [-0.39, 0.29) is 0 Å². The van der Waals surface area contributed by atoms with Crippen molar-refractivity contribution in [2.24, 2.45) is 0 Å². The minimum Gasteiger partial charge on any atom is -0.339 e. The van der Waals surface area contributed by atoms with Gasteiger partial charge in [0.15, 0.2) is 0 Å². The standard InChI is InChI=1S/C16H30N2OS/c1-15-8-4-7-11-18(15)16(19)14-20-13-12-17-9-5-2-3-6-10-17/h15H,2-14H2,1H3. The lowest BCUT2D eigenvalue weighted by atomic mass is 10.0. The zero-order valence-corrected chi connectivity index (χ0v) is 13.8. The molecule has 3 nitrogen and oxygen atoms in total. The van der Waals surface area contributed by atoms with Crippen LogP contribution in [-0.4, -0.2) is 59.4 Å². The van der Waals surface area contributed by atoms with Gasteiger partial charge in [0.2, 0.25) is 5.91 Å². The molecule has 20 heavy (non-hydrogen) atoms. The quantitative estimate of drug-likeness (QED) is 0.729. The van der Waals surface area contributed by atoms with Crippen LogP contribution in [0, 0.1) is 0 Å². The van der Waals surface area contributed by atoms with Crippen LogP contribution in [0.4, 0.5) is 0 Å². The van der Waals surface area contributed by atoms with Gasteiger partial charge in [0, 0.05) is 24.9 Å². The molecule has 2 aliphatic rings. The lowest BCUT2D eigenvalue weighted by Gasteiger charge is -2.33. The van der Waals surface area contributed by atoms with Gasteiger partial charge in [-0.25, -0.2) is 0 Å². The first-order valence-electron chi connectivity index (χ1n) is 8.37.